The summed E-state index contributed by atoms with van der Waals surface area (Å²) in [6.07, 6.45) is 4.15. The van der Waals surface area contributed by atoms with Gasteiger partial charge in [-0.2, -0.15) is 0 Å². The van der Waals surface area contributed by atoms with Crippen molar-refractivity contribution in [1.82, 2.24) is 10.2 Å². The topological polar surface area (TPSA) is 52.7 Å². The lowest BCUT2D eigenvalue weighted by molar-refractivity contribution is -0.126. The fourth-order valence-corrected chi connectivity index (χ4v) is 4.75. The first-order valence-corrected chi connectivity index (χ1v) is 10.5. The number of fused-ring (bicyclic) bond motifs is 1. The Kier molecular flexibility index (Phi) is 4.55. The van der Waals surface area contributed by atoms with Gasteiger partial charge in [0.15, 0.2) is 0 Å². The normalized spacial score (nSPS) is 25.6. The number of likely N-dealkylation sites (tertiary alicyclic amines) is 1. The maximum atomic E-state index is 12.7. The maximum absolute atomic E-state index is 12.7. The molecule has 2 aromatic carbocycles. The standard InChI is InChI=1S/C23H27N3O2/c27-22-12-18(23(28)24-13-16-10-11-25(14-16)19-8-9-19)15-26(22)21-7-3-5-17-4-1-2-6-20(17)21/h1-7,16,18-19H,8-15H2,(H,24,28). The minimum atomic E-state index is -0.257. The van der Waals surface area contributed by atoms with Gasteiger partial charge in [0.1, 0.15) is 0 Å². The van der Waals surface area contributed by atoms with E-state index in [0.29, 0.717) is 18.9 Å². The van der Waals surface area contributed by atoms with Gasteiger partial charge in [-0.3, -0.25) is 9.59 Å². The highest BCUT2D eigenvalue weighted by molar-refractivity contribution is 6.06. The molecule has 1 saturated carbocycles. The molecule has 2 heterocycles. The molecule has 5 heteroatoms. The largest absolute Gasteiger partial charge is 0.355 e. The molecule has 2 unspecified atom stereocenters. The lowest BCUT2D eigenvalue weighted by atomic mass is 10.1. The number of hydrogen-bond acceptors (Lipinski definition) is 3. The second-order valence-corrected chi connectivity index (χ2v) is 8.53. The number of anilines is 1. The summed E-state index contributed by atoms with van der Waals surface area (Å²) in [5.74, 6) is 0.362. The molecular weight excluding hydrogens is 350 g/mol. The van der Waals surface area contributed by atoms with E-state index < -0.39 is 0 Å². The van der Waals surface area contributed by atoms with E-state index >= 15 is 0 Å². The molecular formula is C23H27N3O2. The Labute approximate surface area is 165 Å². The molecule has 1 aliphatic carbocycles. The Hall–Kier alpha value is -2.40. The summed E-state index contributed by atoms with van der Waals surface area (Å²) in [5.41, 5.74) is 0.911. The third-order valence-corrected chi connectivity index (χ3v) is 6.50. The summed E-state index contributed by atoms with van der Waals surface area (Å²) in [7, 11) is 0. The van der Waals surface area contributed by atoms with Crippen molar-refractivity contribution in [1.29, 1.82) is 0 Å². The predicted octanol–water partition coefficient (Wildman–Crippen LogP) is 2.79. The van der Waals surface area contributed by atoms with E-state index in [-0.39, 0.29) is 17.7 Å². The fraction of sp³-hybridized carbons (Fsp3) is 0.478. The Morgan fingerprint density at radius 3 is 2.71 bits per heavy atom. The van der Waals surface area contributed by atoms with Crippen molar-refractivity contribution in [3.05, 3.63) is 42.5 Å². The molecule has 2 aliphatic heterocycles. The van der Waals surface area contributed by atoms with Crippen molar-refractivity contribution >= 4 is 28.3 Å². The van der Waals surface area contributed by atoms with Crippen LogP contribution in [0.4, 0.5) is 5.69 Å². The van der Waals surface area contributed by atoms with Gasteiger partial charge in [-0.15, -0.1) is 0 Å². The zero-order chi connectivity index (χ0) is 19.1. The summed E-state index contributed by atoms with van der Waals surface area (Å²) in [4.78, 5) is 29.7. The first-order chi connectivity index (χ1) is 13.7. The number of carbonyl (C=O) groups is 2. The summed E-state index contributed by atoms with van der Waals surface area (Å²) in [6.45, 7) is 3.48. The van der Waals surface area contributed by atoms with Crippen LogP contribution in [-0.2, 0) is 9.59 Å². The Balaban J connectivity index is 1.21. The van der Waals surface area contributed by atoms with Crippen LogP contribution in [0.25, 0.3) is 10.8 Å². The van der Waals surface area contributed by atoms with E-state index in [0.717, 1.165) is 35.6 Å². The second kappa shape index (κ2) is 7.21. The van der Waals surface area contributed by atoms with Crippen molar-refractivity contribution in [3.63, 3.8) is 0 Å². The summed E-state index contributed by atoms with van der Waals surface area (Å²) >= 11 is 0. The molecule has 2 atom stereocenters. The lowest BCUT2D eigenvalue weighted by Crippen LogP contribution is -2.36. The van der Waals surface area contributed by atoms with E-state index in [1.807, 2.05) is 30.3 Å². The average Bonchev–Trinajstić information content (AvgIpc) is 3.34. The van der Waals surface area contributed by atoms with Gasteiger partial charge in [0.2, 0.25) is 11.8 Å². The van der Waals surface area contributed by atoms with Gasteiger partial charge >= 0.3 is 0 Å². The zero-order valence-corrected chi connectivity index (χ0v) is 16.1. The molecule has 1 N–H and O–H groups in total. The summed E-state index contributed by atoms with van der Waals surface area (Å²) in [6, 6.07) is 14.9. The van der Waals surface area contributed by atoms with Crippen molar-refractivity contribution in [2.24, 2.45) is 11.8 Å². The van der Waals surface area contributed by atoms with Crippen LogP contribution in [0, 0.1) is 11.8 Å². The Morgan fingerprint density at radius 1 is 1.04 bits per heavy atom. The van der Waals surface area contributed by atoms with E-state index in [4.69, 9.17) is 0 Å². The number of nitrogens with one attached hydrogen (secondary N) is 1. The third-order valence-electron chi connectivity index (χ3n) is 6.50. The minimum absolute atomic E-state index is 0.0287. The molecule has 0 bridgehead atoms. The van der Waals surface area contributed by atoms with Crippen LogP contribution in [0.5, 0.6) is 0 Å². The first kappa shape index (κ1) is 17.7. The number of rotatable bonds is 5. The van der Waals surface area contributed by atoms with Crippen LogP contribution in [0.1, 0.15) is 25.7 Å². The molecule has 0 spiro atoms. The second-order valence-electron chi connectivity index (χ2n) is 8.53. The van der Waals surface area contributed by atoms with Gasteiger partial charge < -0.3 is 15.1 Å². The molecule has 5 nitrogen and oxygen atoms in total. The first-order valence-electron chi connectivity index (χ1n) is 10.5. The van der Waals surface area contributed by atoms with Crippen LogP contribution >= 0.6 is 0 Å². The van der Waals surface area contributed by atoms with Crippen molar-refractivity contribution in [3.8, 4) is 0 Å². The van der Waals surface area contributed by atoms with Gasteiger partial charge in [0, 0.05) is 37.5 Å². The van der Waals surface area contributed by atoms with Crippen molar-refractivity contribution in [2.75, 3.05) is 31.1 Å². The van der Waals surface area contributed by atoms with Crippen LogP contribution in [-0.4, -0.2) is 48.9 Å². The molecule has 5 rings (SSSR count). The van der Waals surface area contributed by atoms with Gasteiger partial charge in [0.05, 0.1) is 11.6 Å². The number of benzene rings is 2. The van der Waals surface area contributed by atoms with Crippen molar-refractivity contribution in [2.45, 2.75) is 31.7 Å². The average molecular weight is 377 g/mol. The zero-order valence-electron chi connectivity index (χ0n) is 16.1. The lowest BCUT2D eigenvalue weighted by Gasteiger charge is -2.19. The Morgan fingerprint density at radius 2 is 1.86 bits per heavy atom. The fourth-order valence-electron chi connectivity index (χ4n) is 4.75. The highest BCUT2D eigenvalue weighted by atomic mass is 16.2. The number of nitrogens with zero attached hydrogens (tertiary/aromatic N) is 2. The van der Waals surface area contributed by atoms with Crippen molar-refractivity contribution < 1.29 is 9.59 Å². The number of carbonyl (C=O) groups excluding carboxylic acids is 2. The van der Waals surface area contributed by atoms with E-state index in [1.54, 1.807) is 4.90 Å². The smallest absolute Gasteiger partial charge is 0.227 e. The van der Waals surface area contributed by atoms with E-state index in [1.165, 1.54) is 25.8 Å². The SMILES string of the molecule is O=C(NCC1CCN(C2CC2)C1)C1CC(=O)N(c2cccc3ccccc23)C1. The highest BCUT2D eigenvalue weighted by Gasteiger charge is 2.37. The van der Waals surface area contributed by atoms with Crippen LogP contribution in [0.3, 0.4) is 0 Å². The molecule has 0 radical (unpaired) electrons. The molecule has 3 aliphatic rings. The summed E-state index contributed by atoms with van der Waals surface area (Å²) in [5, 5.41) is 5.31. The van der Waals surface area contributed by atoms with E-state index in [2.05, 4.69) is 22.3 Å². The molecule has 3 fully saturated rings. The summed E-state index contributed by atoms with van der Waals surface area (Å²) < 4.78 is 0. The molecule has 28 heavy (non-hydrogen) atoms. The predicted molar refractivity (Wildman–Crippen MR) is 110 cm³/mol. The highest BCUT2D eigenvalue weighted by Crippen LogP contribution is 2.33. The van der Waals surface area contributed by atoms with Crippen LogP contribution in [0.15, 0.2) is 42.5 Å². The van der Waals surface area contributed by atoms with E-state index in [9.17, 15) is 9.59 Å². The van der Waals surface area contributed by atoms with Gasteiger partial charge in [0.25, 0.3) is 0 Å². The molecule has 146 valence electrons. The monoisotopic (exact) mass is 377 g/mol. The van der Waals surface area contributed by atoms with Crippen LogP contribution < -0.4 is 10.2 Å². The van der Waals surface area contributed by atoms with Crippen LogP contribution in [0.2, 0.25) is 0 Å². The number of amides is 2. The quantitative estimate of drug-likeness (QED) is 0.872. The van der Waals surface area contributed by atoms with Gasteiger partial charge in [-0.25, -0.2) is 0 Å². The molecule has 2 aromatic rings. The van der Waals surface area contributed by atoms with Gasteiger partial charge in [-0.05, 0) is 43.2 Å². The third kappa shape index (κ3) is 3.39. The maximum Gasteiger partial charge on any atom is 0.227 e. The molecule has 0 aromatic heterocycles. The minimum Gasteiger partial charge on any atom is -0.355 e. The number of hydrogen-bond donors (Lipinski definition) is 1. The van der Waals surface area contributed by atoms with Gasteiger partial charge in [-0.1, -0.05) is 36.4 Å². The molecule has 2 amide bonds. The Bertz CT molecular complexity index is 902. The molecule has 2 saturated heterocycles.